The quantitative estimate of drug-likeness (QED) is 0.150. The lowest BCUT2D eigenvalue weighted by molar-refractivity contribution is 0.0341. The van der Waals surface area contributed by atoms with E-state index < -0.39 is 0 Å². The molecular formula is C78H48S. The van der Waals surface area contributed by atoms with Crippen LogP contribution in [0.4, 0.5) is 0 Å². The minimum Gasteiger partial charge on any atom is -0.112 e. The van der Waals surface area contributed by atoms with Crippen LogP contribution in [0.15, 0.2) is 17.0 Å². The molecule has 11 aromatic carbocycles. The number of thioether (sulfide) groups is 1. The summed E-state index contributed by atoms with van der Waals surface area (Å²) in [6.45, 7) is 12.8. The lowest BCUT2D eigenvalue weighted by Crippen LogP contribution is -2.62. The van der Waals surface area contributed by atoms with Crippen LogP contribution in [0.5, 0.6) is 0 Å². The van der Waals surface area contributed by atoms with Gasteiger partial charge in [-0.2, -0.15) is 0 Å². The molecule has 0 nitrogen and oxygen atoms in total. The fraction of sp³-hybridized carbons (Fsp3) is 0.436. The average molecular weight is 1020 g/mol. The van der Waals surface area contributed by atoms with Gasteiger partial charge in [-0.1, -0.05) is 72.4 Å². The van der Waals surface area contributed by atoms with Crippen LogP contribution in [0.1, 0.15) is 295 Å². The van der Waals surface area contributed by atoms with E-state index in [1.807, 2.05) is 175 Å². The molecule has 0 bridgehead atoms. The number of hydrogen-bond donors (Lipinski definition) is 0. The van der Waals surface area contributed by atoms with E-state index in [4.69, 9.17) is 0 Å². The third-order valence-electron chi connectivity index (χ3n) is 33.3. The summed E-state index contributed by atoms with van der Waals surface area (Å²) in [6.07, 6.45) is 6.65. The van der Waals surface area contributed by atoms with Crippen molar-refractivity contribution in [2.24, 2.45) is 17.8 Å². The van der Waals surface area contributed by atoms with Crippen LogP contribution < -0.4 is 0 Å². The van der Waals surface area contributed by atoms with E-state index in [-0.39, 0.29) is 15.6 Å². The second kappa shape index (κ2) is 8.48. The van der Waals surface area contributed by atoms with Gasteiger partial charge < -0.3 is 0 Å². The Balaban J connectivity index is 0.928. The molecular weight excluding hydrogens is 969 g/mol. The first kappa shape index (κ1) is 34.8. The highest BCUT2D eigenvalue weighted by molar-refractivity contribution is 8.00. The van der Waals surface area contributed by atoms with E-state index >= 15 is 0 Å². The van der Waals surface area contributed by atoms with E-state index in [1.165, 1.54) is 32.1 Å². The van der Waals surface area contributed by atoms with Crippen molar-refractivity contribution >= 4 is 97.9 Å². The zero-order chi connectivity index (χ0) is 48.5. The van der Waals surface area contributed by atoms with Gasteiger partial charge in [-0.05, 0) is 361 Å². The fourth-order valence-corrected chi connectivity index (χ4v) is 36.0. The second-order valence-electron chi connectivity index (χ2n) is 34.0. The van der Waals surface area contributed by atoms with Crippen molar-refractivity contribution < 1.29 is 0 Å². The zero-order valence-electron chi connectivity index (χ0n) is 44.7. The third-order valence-corrected chi connectivity index (χ3v) is 35.1. The van der Waals surface area contributed by atoms with Crippen LogP contribution in [-0.4, -0.2) is 0 Å². The first-order valence-corrected chi connectivity index (χ1v) is 33.8. The standard InChI is InChI=1S/C78H48S/c1-6-8-9-13(7-2)10-14-11-15(76(3,4)5)12-16-75(14)79-78-73-67-61-51-39-31-23-19-17-18-21-25(23)33(39)43-37-29(21)30-22(18)26-24-20(17)28-27(19)35-41(31)49-55-45(35)46-36(28)42-32(24)40-34(26)44-38(30)48-47(37)59(53(43)61)69(73)70-60(48)54(44)62-52(40)58-50(42)56(46)64-63(55)71(65(67)57(49)51)77(16,78)72(64)66(58)68(62)74(70)78/h11-13,19,21,23,25,27,29,35,37,45-48,56,60,64,66,68,70,72,74H,6-10H2,1-5H3. The van der Waals surface area contributed by atoms with Gasteiger partial charge in [0.25, 0.3) is 0 Å². The molecule has 0 radical (unpaired) electrons. The molecule has 1 saturated carbocycles. The Kier molecular flexibility index (Phi) is 3.74. The summed E-state index contributed by atoms with van der Waals surface area (Å²) < 4.78 is 0.0271. The first-order chi connectivity index (χ1) is 38.9. The molecule has 23 aliphatic rings. The predicted molar refractivity (Wildman–Crippen MR) is 312 cm³/mol. The van der Waals surface area contributed by atoms with Gasteiger partial charge in [0.2, 0.25) is 0 Å². The van der Waals surface area contributed by atoms with Gasteiger partial charge in [-0.25, -0.2) is 0 Å². The highest BCUT2D eigenvalue weighted by Gasteiger charge is 2.90. The molecule has 1 heteroatoms. The summed E-state index contributed by atoms with van der Waals surface area (Å²) in [5, 5.41) is 30.9. The molecule has 23 atom stereocenters. The van der Waals surface area contributed by atoms with Gasteiger partial charge in [0.05, 0.1) is 4.75 Å². The average Bonchev–Trinajstić information content (AvgIpc) is 1.45. The Hall–Kier alpha value is -5.37. The van der Waals surface area contributed by atoms with Gasteiger partial charge in [0.1, 0.15) is 0 Å². The maximum Gasteiger partial charge on any atom is 0.0645 e. The minimum absolute atomic E-state index is 0.0122. The number of rotatable bonds is 6. The molecule has 1 aliphatic heterocycles. The lowest BCUT2D eigenvalue weighted by Gasteiger charge is -2.65. The first-order valence-electron chi connectivity index (χ1n) is 33.0. The molecule has 366 valence electrons. The van der Waals surface area contributed by atoms with Crippen LogP contribution in [0.3, 0.4) is 0 Å². The summed E-state index contributed by atoms with van der Waals surface area (Å²) >= 11 is 2.68. The molecule has 1 heterocycles. The molecule has 34 rings (SSSR count). The third kappa shape index (κ3) is 2.15. The van der Waals surface area contributed by atoms with Crippen molar-refractivity contribution in [2.75, 3.05) is 0 Å². The number of hydrogen-bond acceptors (Lipinski definition) is 1. The Labute approximate surface area is 457 Å². The molecule has 79 heavy (non-hydrogen) atoms. The molecule has 0 saturated heterocycles. The van der Waals surface area contributed by atoms with Gasteiger partial charge in [-0.3, -0.25) is 0 Å². The van der Waals surface area contributed by atoms with Crippen LogP contribution in [0.2, 0.25) is 0 Å². The second-order valence-corrected chi connectivity index (χ2v) is 35.2. The van der Waals surface area contributed by atoms with E-state index in [1.54, 1.807) is 11.1 Å². The maximum absolute atomic E-state index is 3.06. The molecule has 22 aliphatic carbocycles. The summed E-state index contributed by atoms with van der Waals surface area (Å²) in [4.78, 5) is 1.85. The predicted octanol–water partition coefficient (Wildman–Crippen LogP) is 18.6. The minimum atomic E-state index is -0.0122. The van der Waals surface area contributed by atoms with Gasteiger partial charge >= 0.3 is 0 Å². The molecule has 0 aromatic heterocycles. The van der Waals surface area contributed by atoms with Crippen LogP contribution >= 0.6 is 11.8 Å². The highest BCUT2D eigenvalue weighted by atomic mass is 32.2. The topological polar surface area (TPSA) is 0 Å². The van der Waals surface area contributed by atoms with Crippen LogP contribution in [-0.2, 0) is 22.0 Å². The lowest BCUT2D eigenvalue weighted by atomic mass is 9.39. The highest BCUT2D eigenvalue weighted by Crippen LogP contribution is 3.01. The number of benzene rings is 10. The summed E-state index contributed by atoms with van der Waals surface area (Å²) in [6, 6.07) is 5.95. The van der Waals surface area contributed by atoms with Crippen molar-refractivity contribution in [1.82, 2.24) is 0 Å². The fourth-order valence-electron chi connectivity index (χ4n) is 33.8. The van der Waals surface area contributed by atoms with E-state index in [9.17, 15) is 0 Å². The SMILES string of the molecule is CCCCC(CC)Cc1cc(C(C)(C)C)cc2c1SC13c4c5c6c7c8c9c%10c%11c%12c%13c%14c%15c(c%16c%13c%10c7c4-%16)C21C1C%15C2c4c7c%10c%13c%15c%16c%17c%18c%19c%20c%21c%22c%23c(c4c4c%22c%19c%16c%104)C2C%14C%12C%23C%21C%11C9C%20C%18C8C6C%17C%15C5C3C%13C71. The van der Waals surface area contributed by atoms with Crippen molar-refractivity contribution in [1.29, 1.82) is 0 Å². The smallest absolute Gasteiger partial charge is 0.0645 e. The summed E-state index contributed by atoms with van der Waals surface area (Å²) in [5.41, 5.74) is 50.3. The molecule has 11 aromatic rings. The van der Waals surface area contributed by atoms with Crippen molar-refractivity contribution in [3.8, 4) is 11.1 Å². The Morgan fingerprint density at radius 1 is 0.405 bits per heavy atom. The Morgan fingerprint density at radius 3 is 1.20 bits per heavy atom. The van der Waals surface area contributed by atoms with Crippen LogP contribution in [0, 0.1) is 17.8 Å². The zero-order valence-corrected chi connectivity index (χ0v) is 45.5. The summed E-state index contributed by atoms with van der Waals surface area (Å²) in [5.74, 6) is 13.9. The maximum atomic E-state index is 3.06. The molecule has 0 N–H and O–H groups in total. The van der Waals surface area contributed by atoms with Crippen molar-refractivity contribution in [3.63, 3.8) is 0 Å². The van der Waals surface area contributed by atoms with E-state index in [0.29, 0.717) is 118 Å². The Morgan fingerprint density at radius 2 is 0.759 bits per heavy atom. The van der Waals surface area contributed by atoms with Crippen molar-refractivity contribution in [2.45, 2.75) is 194 Å². The van der Waals surface area contributed by atoms with Gasteiger partial charge in [0.15, 0.2) is 0 Å². The molecule has 2 spiro atoms. The van der Waals surface area contributed by atoms with Gasteiger partial charge in [-0.15, -0.1) is 11.8 Å². The van der Waals surface area contributed by atoms with Crippen LogP contribution in [0.25, 0.3) is 97.3 Å². The number of fused-ring (bicyclic) bond motifs is 1. The van der Waals surface area contributed by atoms with E-state index in [0.717, 1.165) is 5.92 Å². The largest absolute Gasteiger partial charge is 0.112 e. The summed E-state index contributed by atoms with van der Waals surface area (Å²) in [7, 11) is 0. The normalized spacial score (nSPS) is 44.5. The monoisotopic (exact) mass is 1020 g/mol. The molecule has 1 fully saturated rings. The van der Waals surface area contributed by atoms with Gasteiger partial charge in [0, 0.05) is 10.3 Å². The number of unbranched alkanes of at least 4 members (excludes halogenated alkanes) is 1. The molecule has 0 amide bonds. The Bertz CT molecular complexity index is 5750. The van der Waals surface area contributed by atoms with Crippen molar-refractivity contribution in [3.05, 3.63) is 140 Å². The van der Waals surface area contributed by atoms with E-state index in [2.05, 4.69) is 103 Å². The molecule has 23 unspecified atom stereocenters.